The van der Waals surface area contributed by atoms with Crippen LogP contribution in [0.15, 0.2) is 36.4 Å². The smallest absolute Gasteiger partial charge is 0.338 e. The predicted octanol–water partition coefficient (Wildman–Crippen LogP) is 4.02. The van der Waals surface area contributed by atoms with Crippen LogP contribution in [0, 0.1) is 6.92 Å². The molecule has 0 unspecified atom stereocenters. The third kappa shape index (κ3) is 6.50. The van der Waals surface area contributed by atoms with E-state index in [2.05, 4.69) is 5.32 Å². The molecular weight excluding hydrogens is 398 g/mol. The van der Waals surface area contributed by atoms with Gasteiger partial charge in [0.15, 0.2) is 6.61 Å². The van der Waals surface area contributed by atoms with E-state index < -0.39 is 17.8 Å². The number of aryl methyl sites for hydroxylation is 1. The van der Waals surface area contributed by atoms with Gasteiger partial charge in [-0.1, -0.05) is 11.6 Å². The first-order chi connectivity index (χ1) is 13.8. The SMILES string of the molecule is CCOC(=O)c1cc(NC(=O)COc2ccc(Cl)c(C)c2)cc(C(=O)OCC)c1. The van der Waals surface area contributed by atoms with E-state index in [1.807, 2.05) is 6.92 Å². The molecule has 1 amide bonds. The summed E-state index contributed by atoms with van der Waals surface area (Å²) in [5.41, 5.74) is 1.33. The van der Waals surface area contributed by atoms with E-state index in [0.29, 0.717) is 10.8 Å². The Labute approximate surface area is 173 Å². The van der Waals surface area contributed by atoms with Crippen molar-refractivity contribution in [1.29, 1.82) is 0 Å². The Morgan fingerprint density at radius 1 is 0.931 bits per heavy atom. The third-order valence-corrected chi connectivity index (χ3v) is 4.16. The van der Waals surface area contributed by atoms with Crippen LogP contribution < -0.4 is 10.1 Å². The quantitative estimate of drug-likeness (QED) is 0.650. The van der Waals surface area contributed by atoms with E-state index in [-0.39, 0.29) is 36.6 Å². The molecule has 0 aliphatic rings. The molecule has 0 saturated carbocycles. The second-order valence-electron chi connectivity index (χ2n) is 5.99. The van der Waals surface area contributed by atoms with Gasteiger partial charge < -0.3 is 19.5 Å². The summed E-state index contributed by atoms with van der Waals surface area (Å²) >= 11 is 5.97. The van der Waals surface area contributed by atoms with Gasteiger partial charge >= 0.3 is 11.9 Å². The van der Waals surface area contributed by atoms with Crippen molar-refractivity contribution in [2.75, 3.05) is 25.1 Å². The topological polar surface area (TPSA) is 90.9 Å². The molecule has 0 aliphatic heterocycles. The number of carbonyl (C=O) groups excluding carboxylic acids is 3. The van der Waals surface area contributed by atoms with Crippen molar-refractivity contribution in [2.24, 2.45) is 0 Å². The summed E-state index contributed by atoms with van der Waals surface area (Å²) in [6.07, 6.45) is 0. The number of carbonyl (C=O) groups is 3. The molecule has 2 aromatic carbocycles. The molecule has 7 nitrogen and oxygen atoms in total. The Balaban J connectivity index is 2.14. The first-order valence-electron chi connectivity index (χ1n) is 9.02. The van der Waals surface area contributed by atoms with E-state index in [1.54, 1.807) is 32.0 Å². The minimum absolute atomic E-state index is 0.127. The van der Waals surface area contributed by atoms with E-state index in [0.717, 1.165) is 5.56 Å². The molecule has 8 heteroatoms. The van der Waals surface area contributed by atoms with Crippen LogP contribution in [0.2, 0.25) is 5.02 Å². The first kappa shape index (κ1) is 22.2. The molecule has 0 fully saturated rings. The lowest BCUT2D eigenvalue weighted by Crippen LogP contribution is -2.21. The van der Waals surface area contributed by atoms with Crippen molar-refractivity contribution in [3.63, 3.8) is 0 Å². The minimum Gasteiger partial charge on any atom is -0.484 e. The zero-order valence-corrected chi connectivity index (χ0v) is 17.2. The summed E-state index contributed by atoms with van der Waals surface area (Å²) in [6, 6.07) is 9.26. The molecule has 2 aromatic rings. The Morgan fingerprint density at radius 3 is 2.03 bits per heavy atom. The van der Waals surface area contributed by atoms with Crippen molar-refractivity contribution in [3.8, 4) is 5.75 Å². The van der Waals surface area contributed by atoms with Crippen molar-refractivity contribution in [1.82, 2.24) is 0 Å². The maximum absolute atomic E-state index is 12.3. The molecule has 0 heterocycles. The van der Waals surface area contributed by atoms with Crippen LogP contribution in [0.5, 0.6) is 5.75 Å². The fraction of sp³-hybridized carbons (Fsp3) is 0.286. The van der Waals surface area contributed by atoms with Gasteiger partial charge in [-0.05, 0) is 62.7 Å². The minimum atomic E-state index is -0.609. The van der Waals surface area contributed by atoms with Gasteiger partial charge in [-0.3, -0.25) is 4.79 Å². The van der Waals surface area contributed by atoms with Crippen molar-refractivity contribution in [2.45, 2.75) is 20.8 Å². The van der Waals surface area contributed by atoms with Crippen LogP contribution in [0.3, 0.4) is 0 Å². The number of benzene rings is 2. The summed E-state index contributed by atoms with van der Waals surface area (Å²) in [5, 5.41) is 3.21. The van der Waals surface area contributed by atoms with Crippen LogP contribution in [0.4, 0.5) is 5.69 Å². The number of rotatable bonds is 8. The number of hydrogen-bond donors (Lipinski definition) is 1. The zero-order chi connectivity index (χ0) is 21.4. The van der Waals surface area contributed by atoms with Crippen LogP contribution in [-0.4, -0.2) is 37.7 Å². The number of hydrogen-bond acceptors (Lipinski definition) is 6. The van der Waals surface area contributed by atoms with Gasteiger partial charge in [-0.15, -0.1) is 0 Å². The highest BCUT2D eigenvalue weighted by Gasteiger charge is 2.16. The number of nitrogens with one attached hydrogen (secondary N) is 1. The standard InChI is InChI=1S/C21H22ClNO6/c1-4-27-20(25)14-9-15(21(26)28-5-2)11-16(10-14)23-19(24)12-29-17-6-7-18(22)13(3)8-17/h6-11H,4-5,12H2,1-3H3,(H,23,24). The molecule has 1 N–H and O–H groups in total. The summed E-state index contributed by atoms with van der Waals surface area (Å²) < 4.78 is 15.4. The molecule has 0 radical (unpaired) electrons. The molecule has 0 spiro atoms. The van der Waals surface area contributed by atoms with Crippen LogP contribution in [0.25, 0.3) is 0 Å². The normalized spacial score (nSPS) is 10.2. The number of esters is 2. The predicted molar refractivity (Wildman–Crippen MR) is 109 cm³/mol. The molecule has 0 aromatic heterocycles. The van der Waals surface area contributed by atoms with Crippen LogP contribution in [0.1, 0.15) is 40.1 Å². The molecule has 0 aliphatic carbocycles. The summed E-state index contributed by atoms with van der Waals surface area (Å²) in [4.78, 5) is 36.4. The van der Waals surface area contributed by atoms with Crippen LogP contribution in [-0.2, 0) is 14.3 Å². The molecule has 0 bridgehead atoms. The maximum Gasteiger partial charge on any atom is 0.338 e. The fourth-order valence-electron chi connectivity index (χ4n) is 2.42. The molecule has 29 heavy (non-hydrogen) atoms. The first-order valence-corrected chi connectivity index (χ1v) is 9.40. The maximum atomic E-state index is 12.3. The number of anilines is 1. The van der Waals surface area contributed by atoms with Gasteiger partial charge in [0.2, 0.25) is 0 Å². The molecule has 154 valence electrons. The van der Waals surface area contributed by atoms with Gasteiger partial charge in [0.05, 0.1) is 24.3 Å². The van der Waals surface area contributed by atoms with Gasteiger partial charge in [0.1, 0.15) is 5.75 Å². The lowest BCUT2D eigenvalue weighted by Gasteiger charge is -2.11. The highest BCUT2D eigenvalue weighted by atomic mass is 35.5. The summed E-state index contributed by atoms with van der Waals surface area (Å²) in [5.74, 6) is -1.19. The Kier molecular flexibility index (Phi) is 8.03. The molecular formula is C21H22ClNO6. The number of halogens is 1. The monoisotopic (exact) mass is 419 g/mol. The zero-order valence-electron chi connectivity index (χ0n) is 16.4. The fourth-order valence-corrected chi connectivity index (χ4v) is 2.53. The summed E-state index contributed by atoms with van der Waals surface area (Å²) in [6.45, 7) is 5.26. The second kappa shape index (κ2) is 10.5. The number of amides is 1. The Morgan fingerprint density at radius 2 is 1.52 bits per heavy atom. The lowest BCUT2D eigenvalue weighted by molar-refractivity contribution is -0.118. The Hall–Kier alpha value is -3.06. The van der Waals surface area contributed by atoms with Gasteiger partial charge in [-0.25, -0.2) is 9.59 Å². The van der Waals surface area contributed by atoms with Crippen molar-refractivity contribution >= 4 is 35.1 Å². The highest BCUT2D eigenvalue weighted by Crippen LogP contribution is 2.21. The lowest BCUT2D eigenvalue weighted by atomic mass is 10.1. The van der Waals surface area contributed by atoms with Crippen molar-refractivity contribution < 1.29 is 28.6 Å². The van der Waals surface area contributed by atoms with Gasteiger partial charge in [0, 0.05) is 10.7 Å². The highest BCUT2D eigenvalue weighted by molar-refractivity contribution is 6.31. The molecule has 0 saturated heterocycles. The van der Waals surface area contributed by atoms with Gasteiger partial charge in [-0.2, -0.15) is 0 Å². The third-order valence-electron chi connectivity index (χ3n) is 3.74. The van der Waals surface area contributed by atoms with Crippen LogP contribution >= 0.6 is 11.6 Å². The average Bonchev–Trinajstić information content (AvgIpc) is 2.69. The number of ether oxygens (including phenoxy) is 3. The van der Waals surface area contributed by atoms with E-state index in [1.165, 1.54) is 18.2 Å². The molecule has 2 rings (SSSR count). The van der Waals surface area contributed by atoms with Crippen molar-refractivity contribution in [3.05, 3.63) is 58.1 Å². The van der Waals surface area contributed by atoms with E-state index >= 15 is 0 Å². The average molecular weight is 420 g/mol. The van der Waals surface area contributed by atoms with E-state index in [4.69, 9.17) is 25.8 Å². The largest absolute Gasteiger partial charge is 0.484 e. The van der Waals surface area contributed by atoms with Gasteiger partial charge in [0.25, 0.3) is 5.91 Å². The summed E-state index contributed by atoms with van der Waals surface area (Å²) in [7, 11) is 0. The Bertz CT molecular complexity index is 876. The molecule has 0 atom stereocenters. The van der Waals surface area contributed by atoms with E-state index in [9.17, 15) is 14.4 Å². The second-order valence-corrected chi connectivity index (χ2v) is 6.40.